The van der Waals surface area contributed by atoms with E-state index in [1.165, 1.54) is 0 Å². The van der Waals surface area contributed by atoms with Crippen LogP contribution >= 0.6 is 0 Å². The summed E-state index contributed by atoms with van der Waals surface area (Å²) in [5.41, 5.74) is 3.49. The number of nitrogens with zero attached hydrogens (tertiary/aromatic N) is 6. The maximum Gasteiger partial charge on any atom is 0.287 e. The Hall–Kier alpha value is -3.59. The van der Waals surface area contributed by atoms with Crippen molar-refractivity contribution in [2.45, 2.75) is 6.42 Å². The van der Waals surface area contributed by atoms with Crippen LogP contribution in [0.25, 0.3) is 0 Å². The van der Waals surface area contributed by atoms with E-state index in [1.807, 2.05) is 37.6 Å². The minimum Gasteiger partial charge on any atom is -0.325 e. The van der Waals surface area contributed by atoms with Crippen LogP contribution in [-0.2, 0) is 18.3 Å². The number of aliphatic imine (C=N–C) groups is 2. The molecule has 0 bridgehead atoms. The molecule has 1 unspecified atom stereocenters. The SMILES string of the molecule is Cn1cc([N+]23C=CN=CC2=NC(Nc2ccc4c(c2)NC(=O)C4)=N3)cn1. The second-order valence-electron chi connectivity index (χ2n) is 6.25. The van der Waals surface area contributed by atoms with E-state index in [2.05, 4.69) is 25.7 Å². The molecule has 1 aromatic carbocycles. The summed E-state index contributed by atoms with van der Waals surface area (Å²) >= 11 is 0. The minimum absolute atomic E-state index is 0.00941. The molecular formula is C17H15N8O+. The van der Waals surface area contributed by atoms with Gasteiger partial charge < -0.3 is 10.6 Å². The van der Waals surface area contributed by atoms with Gasteiger partial charge in [0.25, 0.3) is 11.8 Å². The molecule has 3 aliphatic rings. The third-order valence-electron chi connectivity index (χ3n) is 4.46. The molecule has 2 aromatic rings. The highest BCUT2D eigenvalue weighted by molar-refractivity contribution is 6.38. The normalized spacial score (nSPS) is 22.6. The van der Waals surface area contributed by atoms with Crippen LogP contribution in [-0.4, -0.2) is 33.7 Å². The summed E-state index contributed by atoms with van der Waals surface area (Å²) < 4.78 is 1.81. The first-order chi connectivity index (χ1) is 12.6. The zero-order chi connectivity index (χ0) is 17.7. The number of carbonyl (C=O) groups is 1. The molecule has 0 fully saturated rings. The Labute approximate surface area is 148 Å². The fourth-order valence-electron chi connectivity index (χ4n) is 3.21. The number of aromatic nitrogens is 2. The number of fused-ring (bicyclic) bond motifs is 2. The van der Waals surface area contributed by atoms with Crippen molar-refractivity contribution in [1.82, 2.24) is 14.4 Å². The van der Waals surface area contributed by atoms with E-state index in [9.17, 15) is 4.79 Å². The number of quaternary nitrogens is 1. The van der Waals surface area contributed by atoms with Crippen LogP contribution in [0.2, 0.25) is 0 Å². The van der Waals surface area contributed by atoms with Crippen molar-refractivity contribution in [3.05, 3.63) is 48.6 Å². The fourth-order valence-corrected chi connectivity index (χ4v) is 3.21. The molecule has 3 aliphatic heterocycles. The van der Waals surface area contributed by atoms with E-state index in [-0.39, 0.29) is 10.5 Å². The molecule has 1 amide bonds. The van der Waals surface area contributed by atoms with Gasteiger partial charge in [0.15, 0.2) is 6.20 Å². The van der Waals surface area contributed by atoms with Gasteiger partial charge in [0.2, 0.25) is 11.6 Å². The lowest BCUT2D eigenvalue weighted by Crippen LogP contribution is -2.44. The van der Waals surface area contributed by atoms with Crippen LogP contribution in [0.4, 0.5) is 17.1 Å². The van der Waals surface area contributed by atoms with Gasteiger partial charge in [-0.1, -0.05) is 10.7 Å². The van der Waals surface area contributed by atoms with Crippen molar-refractivity contribution in [1.29, 1.82) is 0 Å². The molecule has 1 aromatic heterocycles. The van der Waals surface area contributed by atoms with Crippen LogP contribution in [0.5, 0.6) is 0 Å². The monoisotopic (exact) mass is 347 g/mol. The van der Waals surface area contributed by atoms with Gasteiger partial charge in [-0.2, -0.15) is 10.1 Å². The molecule has 5 rings (SSSR count). The Balaban J connectivity index is 1.50. The number of hydrogen-bond acceptors (Lipinski definition) is 6. The third-order valence-corrected chi connectivity index (χ3v) is 4.46. The van der Waals surface area contributed by atoms with Gasteiger partial charge in [0, 0.05) is 18.4 Å². The summed E-state index contributed by atoms with van der Waals surface area (Å²) in [7, 11) is 1.86. The molecule has 2 N–H and O–H groups in total. The number of benzene rings is 1. The topological polar surface area (TPSA) is 96.0 Å². The molecule has 0 saturated heterocycles. The first-order valence-corrected chi connectivity index (χ1v) is 8.10. The summed E-state index contributed by atoms with van der Waals surface area (Å²) in [6, 6.07) is 5.73. The fraction of sp³-hybridized carbons (Fsp3) is 0.118. The Bertz CT molecular complexity index is 1060. The first-order valence-electron chi connectivity index (χ1n) is 8.10. The smallest absolute Gasteiger partial charge is 0.287 e. The molecule has 0 spiro atoms. The predicted molar refractivity (Wildman–Crippen MR) is 99.9 cm³/mol. The molecule has 9 heteroatoms. The van der Waals surface area contributed by atoms with Crippen molar-refractivity contribution in [2.75, 3.05) is 10.6 Å². The summed E-state index contributed by atoms with van der Waals surface area (Å²) in [6.45, 7) is 0. The van der Waals surface area contributed by atoms with Crippen molar-refractivity contribution < 1.29 is 4.79 Å². The molecule has 1 atom stereocenters. The highest BCUT2D eigenvalue weighted by Gasteiger charge is 2.43. The summed E-state index contributed by atoms with van der Waals surface area (Å²) in [5.74, 6) is 1.15. The van der Waals surface area contributed by atoms with Gasteiger partial charge in [-0.05, 0) is 22.8 Å². The number of aryl methyl sites for hydroxylation is 1. The average molecular weight is 347 g/mol. The highest BCUT2D eigenvalue weighted by atomic mass is 16.1. The quantitative estimate of drug-likeness (QED) is 0.807. The summed E-state index contributed by atoms with van der Waals surface area (Å²) in [4.78, 5) is 20.3. The van der Waals surface area contributed by atoms with Crippen molar-refractivity contribution in [3.8, 4) is 0 Å². The van der Waals surface area contributed by atoms with E-state index in [4.69, 9.17) is 5.10 Å². The van der Waals surface area contributed by atoms with Gasteiger partial charge in [-0.25, -0.2) is 0 Å². The molecule has 128 valence electrons. The average Bonchev–Trinajstić information content (AvgIpc) is 3.30. The van der Waals surface area contributed by atoms with Crippen LogP contribution in [0.3, 0.4) is 0 Å². The molecule has 0 aliphatic carbocycles. The lowest BCUT2D eigenvalue weighted by Gasteiger charge is -2.21. The number of guanidine groups is 1. The Morgan fingerprint density at radius 3 is 3.12 bits per heavy atom. The lowest BCUT2D eigenvalue weighted by molar-refractivity contribution is -0.115. The van der Waals surface area contributed by atoms with E-state index in [1.54, 1.807) is 23.3 Å². The van der Waals surface area contributed by atoms with Gasteiger partial charge in [-0.3, -0.25) is 14.5 Å². The zero-order valence-electron chi connectivity index (χ0n) is 13.9. The van der Waals surface area contributed by atoms with Crippen molar-refractivity contribution in [2.24, 2.45) is 22.1 Å². The molecule has 0 saturated carbocycles. The van der Waals surface area contributed by atoms with Gasteiger partial charge in [-0.15, -0.1) is 0 Å². The third kappa shape index (κ3) is 2.18. The maximum absolute atomic E-state index is 11.5. The zero-order valence-corrected chi connectivity index (χ0v) is 13.9. The van der Waals surface area contributed by atoms with Crippen LogP contribution in [0.1, 0.15) is 5.56 Å². The van der Waals surface area contributed by atoms with Crippen LogP contribution < -0.4 is 15.2 Å². The van der Waals surface area contributed by atoms with E-state index < -0.39 is 0 Å². The predicted octanol–water partition coefficient (Wildman–Crippen LogP) is 1.57. The van der Waals surface area contributed by atoms with E-state index in [0.29, 0.717) is 18.2 Å². The second-order valence-corrected chi connectivity index (χ2v) is 6.25. The number of hydrogen-bond donors (Lipinski definition) is 2. The number of nitrogens with one attached hydrogen (secondary N) is 2. The van der Waals surface area contributed by atoms with Gasteiger partial charge in [0.1, 0.15) is 12.4 Å². The Morgan fingerprint density at radius 1 is 1.35 bits per heavy atom. The van der Waals surface area contributed by atoms with E-state index in [0.717, 1.165) is 22.6 Å². The number of carbonyl (C=O) groups excluding carboxylic acids is 1. The Kier molecular flexibility index (Phi) is 2.95. The minimum atomic E-state index is 0.00941. The first kappa shape index (κ1) is 14.7. The second kappa shape index (κ2) is 5.20. The molecule has 0 radical (unpaired) electrons. The molecule has 26 heavy (non-hydrogen) atoms. The highest BCUT2D eigenvalue weighted by Crippen LogP contribution is 2.31. The molecule has 9 nitrogen and oxygen atoms in total. The summed E-state index contributed by atoms with van der Waals surface area (Å²) in [6.07, 6.45) is 9.32. The van der Waals surface area contributed by atoms with Gasteiger partial charge in [0.05, 0.1) is 18.8 Å². The standard InChI is InChI=1S/C17H14N8O/c1-24-10-13(8-19-24)25-5-4-18-9-15(25)22-17(23-25)20-12-3-2-11-6-16(26)21-14(11)7-12/h2-5,7-10H,6H2,1H3,(H-,20,21,23,26)/p+1. The van der Waals surface area contributed by atoms with E-state index >= 15 is 0 Å². The molecule has 4 heterocycles. The van der Waals surface area contributed by atoms with Crippen LogP contribution in [0.15, 0.2) is 58.1 Å². The number of amidine groups is 1. The largest absolute Gasteiger partial charge is 0.325 e. The van der Waals surface area contributed by atoms with Gasteiger partial charge >= 0.3 is 0 Å². The summed E-state index contributed by atoms with van der Waals surface area (Å²) in [5, 5.41) is 15.1. The van der Waals surface area contributed by atoms with Crippen molar-refractivity contribution in [3.63, 3.8) is 0 Å². The molecular weight excluding hydrogens is 332 g/mol. The van der Waals surface area contributed by atoms with Crippen molar-refractivity contribution >= 4 is 41.0 Å². The maximum atomic E-state index is 11.5. The lowest BCUT2D eigenvalue weighted by atomic mass is 10.1. The number of rotatable bonds is 2. The number of anilines is 2. The van der Waals surface area contributed by atoms with Crippen LogP contribution in [0, 0.1) is 0 Å². The number of amides is 1. The Morgan fingerprint density at radius 2 is 2.27 bits per heavy atom.